The number of aryl methyl sites for hydroxylation is 3. The summed E-state index contributed by atoms with van der Waals surface area (Å²) in [5, 5.41) is 71.9. The summed E-state index contributed by atoms with van der Waals surface area (Å²) in [7, 11) is 0. The first-order valence-corrected chi connectivity index (χ1v) is 20.7. The van der Waals surface area contributed by atoms with Gasteiger partial charge in [-0.3, -0.25) is 4.98 Å². The number of nitrogens with zero attached hydrogens (tertiary/aromatic N) is 2. The molecule has 59 heavy (non-hydrogen) atoms. The van der Waals surface area contributed by atoms with Gasteiger partial charge in [0, 0.05) is 63.4 Å². The summed E-state index contributed by atoms with van der Waals surface area (Å²) in [5.41, 5.74) is 13.1. The molecule has 0 unspecified atom stereocenters. The Kier molecular flexibility index (Phi) is 13.1. The van der Waals surface area contributed by atoms with Gasteiger partial charge in [0.1, 0.15) is 36.6 Å². The molecule has 0 radical (unpaired) electrons. The zero-order chi connectivity index (χ0) is 42.4. The number of allylic oxidation sites excluding steroid dienone is 1. The lowest BCUT2D eigenvalue weighted by Gasteiger charge is -2.40. The van der Waals surface area contributed by atoms with Crippen LogP contribution in [0.15, 0.2) is 18.2 Å². The molecule has 15 nitrogen and oxygen atoms in total. The lowest BCUT2D eigenvalue weighted by Crippen LogP contribution is -2.59. The van der Waals surface area contributed by atoms with Crippen LogP contribution in [0.1, 0.15) is 103 Å². The van der Waals surface area contributed by atoms with Crippen molar-refractivity contribution in [2.24, 2.45) is 5.92 Å². The highest BCUT2D eigenvalue weighted by atomic mass is 16.7. The Balaban J connectivity index is 1.29. The summed E-state index contributed by atoms with van der Waals surface area (Å²) in [6, 6.07) is 6.25. The fraction of sp³-hybridized carbons (Fsp3) is 0.591. The first kappa shape index (κ1) is 43.5. The Morgan fingerprint density at radius 3 is 2.00 bits per heavy atom. The van der Waals surface area contributed by atoms with Gasteiger partial charge in [-0.05, 0) is 99.1 Å². The Morgan fingerprint density at radius 1 is 0.695 bits per heavy atom. The minimum Gasteiger partial charge on any atom is -0.394 e. The number of aromatic amines is 2. The molecule has 2 fully saturated rings. The van der Waals surface area contributed by atoms with Gasteiger partial charge in [0.15, 0.2) is 12.6 Å². The topological polar surface area (TPSA) is 236 Å². The lowest BCUT2D eigenvalue weighted by molar-refractivity contribution is -0.301. The molecule has 7 heterocycles. The van der Waals surface area contributed by atoms with E-state index in [1.165, 1.54) is 5.56 Å². The number of hydrogen-bond acceptors (Lipinski definition) is 13. The average Bonchev–Trinajstić information content (AvgIpc) is 3.92. The fourth-order valence-corrected chi connectivity index (χ4v) is 8.93. The van der Waals surface area contributed by atoms with Gasteiger partial charge in [-0.25, -0.2) is 4.98 Å². The van der Waals surface area contributed by atoms with Crippen molar-refractivity contribution in [1.29, 1.82) is 0 Å². The van der Waals surface area contributed by atoms with Crippen LogP contribution in [0, 0.1) is 26.7 Å². The van der Waals surface area contributed by atoms with E-state index in [0.717, 1.165) is 79.1 Å². The second kappa shape index (κ2) is 17.8. The Morgan fingerprint density at radius 2 is 1.32 bits per heavy atom. The monoisotopic (exact) mass is 820 g/mol. The van der Waals surface area contributed by atoms with Crippen LogP contribution in [0.2, 0.25) is 0 Å². The summed E-state index contributed by atoms with van der Waals surface area (Å²) >= 11 is 0. The maximum Gasteiger partial charge on any atom is 0.186 e. The van der Waals surface area contributed by atoms with Crippen LogP contribution in [0.4, 0.5) is 0 Å². The summed E-state index contributed by atoms with van der Waals surface area (Å²) in [6.45, 7) is 13.5. The number of hydrogen-bond donors (Lipinski definition) is 9. The van der Waals surface area contributed by atoms with Crippen molar-refractivity contribution in [3.8, 4) is 0 Å². The third kappa shape index (κ3) is 8.28. The third-order valence-corrected chi connectivity index (χ3v) is 13.0. The van der Waals surface area contributed by atoms with Gasteiger partial charge in [0.25, 0.3) is 0 Å². The summed E-state index contributed by atoms with van der Waals surface area (Å²) in [4.78, 5) is 17.7. The summed E-state index contributed by atoms with van der Waals surface area (Å²) < 4.78 is 23.5. The highest BCUT2D eigenvalue weighted by molar-refractivity contribution is 5.85. The molecular weight excluding hydrogens is 761 g/mol. The smallest absolute Gasteiger partial charge is 0.186 e. The SMILES string of the molecule is CCc1c(C)c2cc3[nH]c(cc4nc(c(C)c5nc(cc1[nH]2)C(C)=C5)[C@@H](CCCO[C@@H]1O[C@H](CO)[C@@H](O)[C@H](O)[C@H]1O)[C@@H]4C)c(C)c3CO[C@@H]1O[C@H](CO)[C@@H](O)[C@H](C)[C@H]1O. The van der Waals surface area contributed by atoms with Crippen molar-refractivity contribution >= 4 is 33.7 Å². The molecule has 3 aromatic rings. The zero-order valence-corrected chi connectivity index (χ0v) is 34.8. The highest BCUT2D eigenvalue weighted by Gasteiger charge is 2.44. The van der Waals surface area contributed by atoms with Crippen molar-refractivity contribution in [3.05, 3.63) is 68.8 Å². The summed E-state index contributed by atoms with van der Waals surface area (Å²) in [6.07, 6.45) is -6.65. The van der Waals surface area contributed by atoms with Gasteiger partial charge < -0.3 is 64.7 Å². The number of aromatic nitrogens is 4. The molecule has 0 saturated carbocycles. The van der Waals surface area contributed by atoms with Gasteiger partial charge in [0.05, 0.1) is 37.3 Å². The number of nitrogens with one attached hydrogen (secondary N) is 2. The molecule has 8 bridgehead atoms. The van der Waals surface area contributed by atoms with Gasteiger partial charge in [-0.15, -0.1) is 0 Å². The van der Waals surface area contributed by atoms with E-state index >= 15 is 0 Å². The molecule has 0 aromatic carbocycles. The van der Waals surface area contributed by atoms with E-state index in [-0.39, 0.29) is 25.0 Å². The maximum absolute atomic E-state index is 11.0. The number of rotatable bonds is 11. The van der Waals surface area contributed by atoms with Gasteiger partial charge >= 0.3 is 0 Å². The predicted molar refractivity (Wildman–Crippen MR) is 220 cm³/mol. The molecule has 7 rings (SSSR count). The molecule has 4 aliphatic heterocycles. The van der Waals surface area contributed by atoms with Crippen LogP contribution < -0.4 is 0 Å². The van der Waals surface area contributed by atoms with E-state index in [4.69, 9.17) is 28.9 Å². The molecule has 9 N–H and O–H groups in total. The van der Waals surface area contributed by atoms with Crippen LogP contribution in [0.25, 0.3) is 33.7 Å². The molecule has 4 aliphatic rings. The molecule has 2 saturated heterocycles. The molecule has 0 amide bonds. The van der Waals surface area contributed by atoms with Crippen LogP contribution in [-0.4, -0.2) is 131 Å². The molecular formula is C44H60N4O11. The number of fused-ring (bicyclic) bond motifs is 8. The maximum atomic E-state index is 11.0. The first-order valence-electron chi connectivity index (χ1n) is 20.7. The van der Waals surface area contributed by atoms with Crippen LogP contribution >= 0.6 is 0 Å². The van der Waals surface area contributed by atoms with Crippen molar-refractivity contribution < 1.29 is 54.7 Å². The van der Waals surface area contributed by atoms with Crippen molar-refractivity contribution in [3.63, 3.8) is 0 Å². The third-order valence-electron chi connectivity index (χ3n) is 13.0. The fourth-order valence-electron chi connectivity index (χ4n) is 8.93. The van der Waals surface area contributed by atoms with Gasteiger partial charge in [0.2, 0.25) is 0 Å². The molecule has 12 atom stereocenters. The first-order chi connectivity index (χ1) is 28.2. The van der Waals surface area contributed by atoms with Crippen molar-refractivity contribution in [2.75, 3.05) is 19.8 Å². The van der Waals surface area contributed by atoms with E-state index in [1.54, 1.807) is 6.92 Å². The number of H-pyrrole nitrogens is 2. The quantitative estimate of drug-likeness (QED) is 0.126. The van der Waals surface area contributed by atoms with E-state index in [9.17, 15) is 35.7 Å². The van der Waals surface area contributed by atoms with E-state index in [1.807, 2.05) is 6.92 Å². The Labute approximate surface area is 343 Å². The predicted octanol–water partition coefficient (Wildman–Crippen LogP) is 3.44. The second-order valence-corrected chi connectivity index (χ2v) is 16.6. The minimum absolute atomic E-state index is 0.0196. The molecule has 15 heteroatoms. The summed E-state index contributed by atoms with van der Waals surface area (Å²) in [5.74, 6) is -0.616. The lowest BCUT2D eigenvalue weighted by atomic mass is 9.86. The van der Waals surface area contributed by atoms with E-state index < -0.39 is 74.4 Å². The normalized spacial score (nSPS) is 31.1. The van der Waals surface area contributed by atoms with Crippen molar-refractivity contribution in [1.82, 2.24) is 19.9 Å². The number of ether oxygens (including phenoxy) is 4. The highest BCUT2D eigenvalue weighted by Crippen LogP contribution is 2.42. The molecule has 322 valence electrons. The zero-order valence-electron chi connectivity index (χ0n) is 34.8. The largest absolute Gasteiger partial charge is 0.394 e. The minimum atomic E-state index is -1.52. The van der Waals surface area contributed by atoms with E-state index in [2.05, 4.69) is 68.9 Å². The van der Waals surface area contributed by atoms with Crippen LogP contribution in [0.3, 0.4) is 0 Å². The Bertz CT molecular complexity index is 2200. The van der Waals surface area contributed by atoms with Crippen LogP contribution in [0.5, 0.6) is 0 Å². The molecule has 0 aliphatic carbocycles. The van der Waals surface area contributed by atoms with Crippen LogP contribution in [-0.2, 0) is 32.0 Å². The van der Waals surface area contributed by atoms with Gasteiger partial charge in [-0.1, -0.05) is 20.8 Å². The number of aliphatic hydroxyl groups is 7. The average molecular weight is 821 g/mol. The van der Waals surface area contributed by atoms with Gasteiger partial charge in [-0.2, -0.15) is 0 Å². The van der Waals surface area contributed by atoms with Crippen molar-refractivity contribution in [2.45, 2.75) is 141 Å². The Hall–Kier alpha value is -3.58. The standard InChI is InChI=1S/C44H60N4O11/c1-8-25-20(3)31-15-34-27(18-57-43-39(52)24(7)38(51)35(16-49)58-43)22(5)30(47-34)14-32-21(4)26(10-9-11-56-44-42(55)41(54)40(53)36(17-50)59-44)37(48-32)23(6)29-12-19(2)28(45-29)13-33(25)46-31/h12-15,21,24,26,35-36,38-44,46-47,49-55H,8-11,16-18H2,1-7H3/t21-,24-,26-,35+,36+,38-,39+,40+,41-,42+,43+,44+/m0/s1. The molecule has 0 spiro atoms. The molecule has 3 aromatic heterocycles. The number of aliphatic hydroxyl groups excluding tert-OH is 7. The van der Waals surface area contributed by atoms with E-state index in [0.29, 0.717) is 12.8 Å². The second-order valence-electron chi connectivity index (χ2n) is 16.6.